The molecule has 0 heterocycles. The van der Waals surface area contributed by atoms with E-state index in [9.17, 15) is 20.0 Å². The molecule has 0 spiro atoms. The lowest BCUT2D eigenvalue weighted by Gasteiger charge is -2.28. The fraction of sp³-hybridized carbons (Fsp3) is 0.0500. The van der Waals surface area contributed by atoms with Crippen LogP contribution >= 0.6 is 0 Å². The summed E-state index contributed by atoms with van der Waals surface area (Å²) in [5, 5.41) is 24.7. The normalized spacial score (nSPS) is 11.0. The largest absolute Gasteiger partial charge is 0.372 e. The highest BCUT2D eigenvalue weighted by molar-refractivity contribution is 6.00. The lowest BCUT2D eigenvalue weighted by molar-refractivity contribution is -0.384. The van der Waals surface area contributed by atoms with E-state index in [1.54, 1.807) is 60.7 Å². The number of aliphatic hydroxyl groups is 1. The third-order valence-electron chi connectivity index (χ3n) is 4.05. The van der Waals surface area contributed by atoms with E-state index in [1.807, 2.05) is 0 Å². The van der Waals surface area contributed by atoms with Gasteiger partial charge in [-0.3, -0.25) is 14.9 Å². The zero-order valence-corrected chi connectivity index (χ0v) is 13.7. The van der Waals surface area contributed by atoms with Crippen molar-refractivity contribution in [2.45, 2.75) is 5.60 Å². The highest BCUT2D eigenvalue weighted by Crippen LogP contribution is 2.31. The summed E-state index contributed by atoms with van der Waals surface area (Å²) < 4.78 is 0. The Morgan fingerprint density at radius 1 is 0.846 bits per heavy atom. The van der Waals surface area contributed by atoms with Crippen LogP contribution in [0.25, 0.3) is 0 Å². The Hall–Kier alpha value is -3.51. The molecule has 3 aromatic carbocycles. The lowest BCUT2D eigenvalue weighted by Crippen LogP contribution is -2.41. The van der Waals surface area contributed by atoms with Gasteiger partial charge in [0, 0.05) is 17.8 Å². The van der Waals surface area contributed by atoms with Crippen LogP contribution in [0.2, 0.25) is 0 Å². The molecule has 0 saturated carbocycles. The number of hydrogen-bond donors (Lipinski definition) is 2. The Kier molecular flexibility index (Phi) is 4.77. The molecule has 0 radical (unpaired) electrons. The number of anilines is 1. The molecule has 0 unspecified atom stereocenters. The predicted molar refractivity (Wildman–Crippen MR) is 97.6 cm³/mol. The maximum absolute atomic E-state index is 13.0. The van der Waals surface area contributed by atoms with Crippen LogP contribution in [-0.4, -0.2) is 15.9 Å². The quantitative estimate of drug-likeness (QED) is 0.545. The summed E-state index contributed by atoms with van der Waals surface area (Å²) >= 11 is 0. The van der Waals surface area contributed by atoms with Crippen LogP contribution in [0.15, 0.2) is 84.9 Å². The number of nitrogens with one attached hydrogen (secondary N) is 1. The molecule has 6 nitrogen and oxygen atoms in total. The van der Waals surface area contributed by atoms with Gasteiger partial charge in [0.05, 0.1) is 4.92 Å². The molecule has 1 amide bonds. The van der Waals surface area contributed by atoms with Gasteiger partial charge in [0.2, 0.25) is 0 Å². The van der Waals surface area contributed by atoms with E-state index in [-0.39, 0.29) is 5.69 Å². The SMILES string of the molecule is O=C(Nc1ccc([N+](=O)[O-])cc1)C(O)(c1ccccc1)c1ccccc1. The Bertz CT molecular complexity index is 870. The summed E-state index contributed by atoms with van der Waals surface area (Å²) in [6, 6.07) is 22.6. The molecular formula is C20H16N2O4. The van der Waals surface area contributed by atoms with Crippen molar-refractivity contribution in [2.75, 3.05) is 5.32 Å². The fourth-order valence-corrected chi connectivity index (χ4v) is 2.68. The van der Waals surface area contributed by atoms with Crippen LogP contribution < -0.4 is 5.32 Å². The molecule has 0 saturated heterocycles. The molecule has 0 fully saturated rings. The van der Waals surface area contributed by atoms with E-state index >= 15 is 0 Å². The maximum atomic E-state index is 13.0. The van der Waals surface area contributed by atoms with Gasteiger partial charge in [-0.2, -0.15) is 0 Å². The van der Waals surface area contributed by atoms with Gasteiger partial charge in [0.15, 0.2) is 5.60 Å². The van der Waals surface area contributed by atoms with Gasteiger partial charge in [-0.05, 0) is 23.3 Å². The lowest BCUT2D eigenvalue weighted by atomic mass is 9.85. The van der Waals surface area contributed by atoms with E-state index < -0.39 is 16.4 Å². The van der Waals surface area contributed by atoms with Crippen molar-refractivity contribution in [3.8, 4) is 0 Å². The van der Waals surface area contributed by atoms with E-state index in [0.29, 0.717) is 16.8 Å². The van der Waals surface area contributed by atoms with E-state index in [1.165, 1.54) is 24.3 Å². The van der Waals surface area contributed by atoms with Gasteiger partial charge in [0.1, 0.15) is 0 Å². The smallest absolute Gasteiger partial charge is 0.269 e. The van der Waals surface area contributed by atoms with E-state index in [4.69, 9.17) is 0 Å². The van der Waals surface area contributed by atoms with Crippen LogP contribution in [0, 0.1) is 10.1 Å². The second kappa shape index (κ2) is 7.16. The van der Waals surface area contributed by atoms with Crippen molar-refractivity contribution >= 4 is 17.3 Å². The first-order valence-corrected chi connectivity index (χ1v) is 7.91. The number of hydrogen-bond acceptors (Lipinski definition) is 4. The summed E-state index contributed by atoms with van der Waals surface area (Å²) in [7, 11) is 0. The van der Waals surface area contributed by atoms with Crippen molar-refractivity contribution in [1.82, 2.24) is 0 Å². The number of nitro groups is 1. The van der Waals surface area contributed by atoms with Gasteiger partial charge in [-0.1, -0.05) is 60.7 Å². The third-order valence-corrected chi connectivity index (χ3v) is 4.05. The minimum atomic E-state index is -1.90. The number of carbonyl (C=O) groups is 1. The number of benzene rings is 3. The molecule has 26 heavy (non-hydrogen) atoms. The number of amides is 1. The molecule has 0 atom stereocenters. The van der Waals surface area contributed by atoms with Gasteiger partial charge in [-0.25, -0.2) is 0 Å². The number of non-ortho nitro benzene ring substituents is 1. The molecule has 0 aliphatic rings. The highest BCUT2D eigenvalue weighted by atomic mass is 16.6. The van der Waals surface area contributed by atoms with Crippen LogP contribution in [-0.2, 0) is 10.4 Å². The molecule has 2 N–H and O–H groups in total. The number of carbonyl (C=O) groups excluding carboxylic acids is 1. The zero-order chi connectivity index (χ0) is 18.6. The highest BCUT2D eigenvalue weighted by Gasteiger charge is 2.39. The number of rotatable bonds is 5. The Labute approximate surface area is 149 Å². The average molecular weight is 348 g/mol. The van der Waals surface area contributed by atoms with Crippen LogP contribution in [0.5, 0.6) is 0 Å². The molecule has 0 aliphatic heterocycles. The molecule has 130 valence electrons. The monoisotopic (exact) mass is 348 g/mol. The van der Waals surface area contributed by atoms with Gasteiger partial charge >= 0.3 is 0 Å². The molecule has 0 aliphatic carbocycles. The summed E-state index contributed by atoms with van der Waals surface area (Å²) in [5.41, 5.74) is -0.781. The molecule has 3 aromatic rings. The second-order valence-electron chi connectivity index (χ2n) is 5.70. The van der Waals surface area contributed by atoms with Crippen molar-refractivity contribution in [3.63, 3.8) is 0 Å². The molecule has 0 bridgehead atoms. The topological polar surface area (TPSA) is 92.5 Å². The van der Waals surface area contributed by atoms with Crippen molar-refractivity contribution in [1.29, 1.82) is 0 Å². The number of nitrogens with zero attached hydrogens (tertiary/aromatic N) is 1. The first-order chi connectivity index (χ1) is 12.5. The molecule has 3 rings (SSSR count). The minimum Gasteiger partial charge on any atom is -0.372 e. The minimum absolute atomic E-state index is 0.0793. The van der Waals surface area contributed by atoms with Gasteiger partial charge in [0.25, 0.3) is 11.6 Å². The first kappa shape index (κ1) is 17.3. The van der Waals surface area contributed by atoms with Gasteiger partial charge in [-0.15, -0.1) is 0 Å². The summed E-state index contributed by atoms with van der Waals surface area (Å²) in [6.45, 7) is 0. The summed E-state index contributed by atoms with van der Waals surface area (Å²) in [6.07, 6.45) is 0. The molecule has 0 aromatic heterocycles. The van der Waals surface area contributed by atoms with Crippen molar-refractivity contribution in [2.24, 2.45) is 0 Å². The van der Waals surface area contributed by atoms with E-state index in [0.717, 1.165) is 0 Å². The first-order valence-electron chi connectivity index (χ1n) is 7.91. The Balaban J connectivity index is 1.97. The van der Waals surface area contributed by atoms with Gasteiger partial charge < -0.3 is 10.4 Å². The second-order valence-corrected chi connectivity index (χ2v) is 5.70. The Morgan fingerprint density at radius 2 is 1.31 bits per heavy atom. The third kappa shape index (κ3) is 3.31. The predicted octanol–water partition coefficient (Wildman–Crippen LogP) is 3.47. The Morgan fingerprint density at radius 3 is 1.73 bits per heavy atom. The summed E-state index contributed by atoms with van der Waals surface area (Å²) in [5.74, 6) is -0.649. The summed E-state index contributed by atoms with van der Waals surface area (Å²) in [4.78, 5) is 23.2. The number of nitro benzene ring substituents is 1. The molecular weight excluding hydrogens is 332 g/mol. The van der Waals surface area contributed by atoms with Crippen molar-refractivity contribution < 1.29 is 14.8 Å². The van der Waals surface area contributed by atoms with Crippen LogP contribution in [0.3, 0.4) is 0 Å². The fourth-order valence-electron chi connectivity index (χ4n) is 2.68. The standard InChI is InChI=1S/C20H16N2O4/c23-19(21-17-11-13-18(14-12-17)22(25)26)20(24,15-7-3-1-4-8-15)16-9-5-2-6-10-16/h1-14,24H,(H,21,23). The average Bonchev–Trinajstić information content (AvgIpc) is 2.69. The van der Waals surface area contributed by atoms with Crippen LogP contribution in [0.1, 0.15) is 11.1 Å². The van der Waals surface area contributed by atoms with Crippen LogP contribution in [0.4, 0.5) is 11.4 Å². The van der Waals surface area contributed by atoms with Crippen molar-refractivity contribution in [3.05, 3.63) is 106 Å². The zero-order valence-electron chi connectivity index (χ0n) is 13.7. The van der Waals surface area contributed by atoms with E-state index in [2.05, 4.69) is 5.32 Å². The molecule has 6 heteroatoms. The maximum Gasteiger partial charge on any atom is 0.269 e.